The van der Waals surface area contributed by atoms with Crippen molar-refractivity contribution in [1.29, 1.82) is 0 Å². The standard InChI is InChI=1S/C25H27FN2O3/c1-16-7-8-20(26)11-23(16)31-24-10-19-13-28(12-18(19)9-22(24)29)14-21-15-30-25(27-21)17-5-3-2-4-6-17/h2-8,11,15,18-19,22,24,29H,9-10,12-14H2,1H3/t18-,19+,22+,24+/m0/s1. The van der Waals surface area contributed by atoms with Crippen molar-refractivity contribution in [3.05, 3.63) is 71.9 Å². The Labute approximate surface area is 181 Å². The minimum atomic E-state index is -0.541. The fourth-order valence-corrected chi connectivity index (χ4v) is 4.93. The topological polar surface area (TPSA) is 58.7 Å². The third kappa shape index (κ3) is 4.36. The van der Waals surface area contributed by atoms with E-state index in [9.17, 15) is 9.50 Å². The summed E-state index contributed by atoms with van der Waals surface area (Å²) >= 11 is 0. The Morgan fingerprint density at radius 2 is 1.90 bits per heavy atom. The predicted molar refractivity (Wildman–Crippen MR) is 115 cm³/mol. The van der Waals surface area contributed by atoms with Gasteiger partial charge in [-0.2, -0.15) is 0 Å². The number of fused-ring (bicyclic) bond motifs is 1. The number of ether oxygens (including phenoxy) is 1. The lowest BCUT2D eigenvalue weighted by Gasteiger charge is -2.35. The van der Waals surface area contributed by atoms with Crippen molar-refractivity contribution in [3.63, 3.8) is 0 Å². The van der Waals surface area contributed by atoms with Crippen LogP contribution >= 0.6 is 0 Å². The van der Waals surface area contributed by atoms with Gasteiger partial charge < -0.3 is 14.3 Å². The van der Waals surface area contributed by atoms with Gasteiger partial charge in [0.05, 0.1) is 11.8 Å². The highest BCUT2D eigenvalue weighted by molar-refractivity contribution is 5.52. The highest BCUT2D eigenvalue weighted by Crippen LogP contribution is 2.39. The van der Waals surface area contributed by atoms with Gasteiger partial charge in [-0.05, 0) is 55.4 Å². The quantitative estimate of drug-likeness (QED) is 0.659. The molecule has 4 atom stereocenters. The zero-order chi connectivity index (χ0) is 21.4. The molecule has 2 fully saturated rings. The van der Waals surface area contributed by atoms with Crippen molar-refractivity contribution >= 4 is 0 Å². The minimum absolute atomic E-state index is 0.307. The Kier molecular flexibility index (Phi) is 5.50. The Balaban J connectivity index is 1.22. The first-order valence-corrected chi connectivity index (χ1v) is 10.9. The second-order valence-corrected chi connectivity index (χ2v) is 8.83. The summed E-state index contributed by atoms with van der Waals surface area (Å²) in [5.74, 6) is 1.72. The molecular weight excluding hydrogens is 395 g/mol. The first-order valence-electron chi connectivity index (χ1n) is 10.9. The molecule has 162 valence electrons. The molecule has 31 heavy (non-hydrogen) atoms. The van der Waals surface area contributed by atoms with E-state index in [0.29, 0.717) is 29.9 Å². The largest absolute Gasteiger partial charge is 0.487 e. The van der Waals surface area contributed by atoms with Crippen molar-refractivity contribution in [2.75, 3.05) is 13.1 Å². The molecule has 0 spiro atoms. The molecular formula is C25H27FN2O3. The van der Waals surface area contributed by atoms with Gasteiger partial charge in [-0.25, -0.2) is 9.37 Å². The van der Waals surface area contributed by atoms with Crippen LogP contribution in [0.25, 0.3) is 11.5 Å². The molecule has 2 aromatic carbocycles. The van der Waals surface area contributed by atoms with Crippen LogP contribution in [0.4, 0.5) is 4.39 Å². The smallest absolute Gasteiger partial charge is 0.226 e. The van der Waals surface area contributed by atoms with E-state index >= 15 is 0 Å². The number of rotatable bonds is 5. The van der Waals surface area contributed by atoms with Crippen LogP contribution in [0.15, 0.2) is 59.2 Å². The summed E-state index contributed by atoms with van der Waals surface area (Å²) in [6.07, 6.45) is 2.36. The summed E-state index contributed by atoms with van der Waals surface area (Å²) in [7, 11) is 0. The van der Waals surface area contributed by atoms with Gasteiger partial charge in [-0.1, -0.05) is 24.3 Å². The zero-order valence-corrected chi connectivity index (χ0v) is 17.6. The number of nitrogens with zero attached hydrogens (tertiary/aromatic N) is 2. The minimum Gasteiger partial charge on any atom is -0.487 e. The number of benzene rings is 2. The van der Waals surface area contributed by atoms with Gasteiger partial charge in [-0.3, -0.25) is 4.90 Å². The lowest BCUT2D eigenvalue weighted by atomic mass is 9.78. The summed E-state index contributed by atoms with van der Waals surface area (Å²) in [5, 5.41) is 10.7. The van der Waals surface area contributed by atoms with Gasteiger partial charge in [0.2, 0.25) is 5.89 Å². The molecule has 2 heterocycles. The van der Waals surface area contributed by atoms with Gasteiger partial charge >= 0.3 is 0 Å². The second-order valence-electron chi connectivity index (χ2n) is 8.83. The SMILES string of the molecule is Cc1ccc(F)cc1O[C@@H]1C[C@@H]2CN(Cc3coc(-c4ccccc4)n3)C[C@@H]2C[C@H]1O. The number of aliphatic hydroxyl groups is 1. The van der Waals surface area contributed by atoms with Crippen molar-refractivity contribution in [1.82, 2.24) is 9.88 Å². The molecule has 6 heteroatoms. The first kappa shape index (κ1) is 20.2. The number of oxazole rings is 1. The number of aromatic nitrogens is 1. The Morgan fingerprint density at radius 3 is 2.71 bits per heavy atom. The van der Waals surface area contributed by atoms with Crippen LogP contribution in [0.1, 0.15) is 24.1 Å². The van der Waals surface area contributed by atoms with Crippen LogP contribution in [-0.4, -0.2) is 40.3 Å². The molecule has 3 aromatic rings. The molecule has 1 saturated heterocycles. The summed E-state index contributed by atoms with van der Waals surface area (Å²) in [6, 6.07) is 14.4. The summed E-state index contributed by atoms with van der Waals surface area (Å²) in [5.41, 5.74) is 2.77. The molecule has 1 saturated carbocycles. The Hall–Kier alpha value is -2.70. The summed E-state index contributed by atoms with van der Waals surface area (Å²) in [4.78, 5) is 7.03. The average Bonchev–Trinajstić information content (AvgIpc) is 3.38. The van der Waals surface area contributed by atoms with E-state index in [0.717, 1.165) is 42.9 Å². The maximum atomic E-state index is 13.6. The summed E-state index contributed by atoms with van der Waals surface area (Å²) in [6.45, 7) is 4.49. The molecule has 5 nitrogen and oxygen atoms in total. The van der Waals surface area contributed by atoms with E-state index in [1.807, 2.05) is 37.3 Å². The Morgan fingerprint density at radius 1 is 1.13 bits per heavy atom. The van der Waals surface area contributed by atoms with Gasteiger partial charge in [0, 0.05) is 31.3 Å². The molecule has 0 radical (unpaired) electrons. The normalized spacial score (nSPS) is 26.0. The first-order chi connectivity index (χ1) is 15.0. The molecule has 1 aromatic heterocycles. The molecule has 0 amide bonds. The van der Waals surface area contributed by atoms with Crippen LogP contribution in [0, 0.1) is 24.6 Å². The van der Waals surface area contributed by atoms with Crippen molar-refractivity contribution in [2.24, 2.45) is 11.8 Å². The van der Waals surface area contributed by atoms with E-state index in [-0.39, 0.29) is 11.9 Å². The highest BCUT2D eigenvalue weighted by Gasteiger charge is 2.42. The molecule has 1 aliphatic carbocycles. The van der Waals surface area contributed by atoms with Crippen molar-refractivity contribution < 1.29 is 18.7 Å². The van der Waals surface area contributed by atoms with E-state index in [2.05, 4.69) is 9.88 Å². The maximum Gasteiger partial charge on any atom is 0.226 e. The van der Waals surface area contributed by atoms with Crippen LogP contribution in [0.3, 0.4) is 0 Å². The van der Waals surface area contributed by atoms with Gasteiger partial charge in [0.1, 0.15) is 23.9 Å². The van der Waals surface area contributed by atoms with E-state index in [1.54, 1.807) is 12.3 Å². The maximum absolute atomic E-state index is 13.6. The van der Waals surface area contributed by atoms with Crippen LogP contribution < -0.4 is 4.74 Å². The number of hydrogen-bond acceptors (Lipinski definition) is 5. The number of aliphatic hydroxyl groups excluding tert-OH is 1. The van der Waals surface area contributed by atoms with Gasteiger partial charge in [0.15, 0.2) is 0 Å². The molecule has 0 bridgehead atoms. The molecule has 1 aliphatic heterocycles. The van der Waals surface area contributed by atoms with Crippen molar-refractivity contribution in [3.8, 4) is 17.2 Å². The average molecular weight is 423 g/mol. The molecule has 1 N–H and O–H groups in total. The second kappa shape index (κ2) is 8.44. The Bertz CT molecular complexity index is 1040. The third-order valence-electron chi connectivity index (χ3n) is 6.55. The lowest BCUT2D eigenvalue weighted by Crippen LogP contribution is -2.42. The van der Waals surface area contributed by atoms with E-state index < -0.39 is 6.10 Å². The van der Waals surface area contributed by atoms with Crippen LogP contribution in [-0.2, 0) is 6.54 Å². The van der Waals surface area contributed by atoms with Crippen LogP contribution in [0.5, 0.6) is 5.75 Å². The zero-order valence-electron chi connectivity index (χ0n) is 17.6. The van der Waals surface area contributed by atoms with Gasteiger partial charge in [-0.15, -0.1) is 0 Å². The van der Waals surface area contributed by atoms with Crippen molar-refractivity contribution in [2.45, 2.75) is 38.5 Å². The molecule has 2 aliphatic rings. The number of halogens is 1. The fraction of sp³-hybridized carbons (Fsp3) is 0.400. The number of aryl methyl sites for hydroxylation is 1. The predicted octanol–water partition coefficient (Wildman–Crippen LogP) is 4.44. The summed E-state index contributed by atoms with van der Waals surface area (Å²) < 4.78 is 25.3. The number of likely N-dealkylation sites (tertiary alicyclic amines) is 1. The van der Waals surface area contributed by atoms with Gasteiger partial charge in [0.25, 0.3) is 0 Å². The third-order valence-corrected chi connectivity index (χ3v) is 6.55. The molecule has 5 rings (SSSR count). The highest BCUT2D eigenvalue weighted by atomic mass is 19.1. The number of hydrogen-bond donors (Lipinski definition) is 1. The van der Waals surface area contributed by atoms with E-state index in [1.165, 1.54) is 12.1 Å². The fourth-order valence-electron chi connectivity index (χ4n) is 4.93. The van der Waals surface area contributed by atoms with Crippen LogP contribution in [0.2, 0.25) is 0 Å². The van der Waals surface area contributed by atoms with E-state index in [4.69, 9.17) is 9.15 Å². The monoisotopic (exact) mass is 422 g/mol. The molecule has 0 unspecified atom stereocenters. The lowest BCUT2D eigenvalue weighted by molar-refractivity contribution is -0.0235.